The van der Waals surface area contributed by atoms with Gasteiger partial charge in [0.1, 0.15) is 18.0 Å². The number of nitrogen functional groups attached to an aromatic ring is 1. The highest BCUT2D eigenvalue weighted by Gasteiger charge is 2.28. The minimum atomic E-state index is -0.759. The van der Waals surface area contributed by atoms with Gasteiger partial charge in [-0.25, -0.2) is 0 Å². The maximum atomic E-state index is 13.0. The molecular formula is C61H83N13O7. The number of hydrogen-bond donors (Lipinski definition) is 4. The number of nitrogens with two attached hydrogens (primary N) is 1. The van der Waals surface area contributed by atoms with Gasteiger partial charge in [0.05, 0.1) is 18.3 Å². The topological polar surface area (TPSA) is 250 Å². The Morgan fingerprint density at radius 2 is 1.20 bits per heavy atom. The largest absolute Gasteiger partial charge is 0.481 e. The van der Waals surface area contributed by atoms with Crippen LogP contribution in [0.4, 0.5) is 17.6 Å². The van der Waals surface area contributed by atoms with E-state index < -0.39 is 5.97 Å². The lowest BCUT2D eigenvalue weighted by atomic mass is 9.89. The zero-order chi connectivity index (χ0) is 58.0. The van der Waals surface area contributed by atoms with E-state index in [1.807, 2.05) is 54.9 Å². The molecule has 20 nitrogen and oxygen atoms in total. The van der Waals surface area contributed by atoms with Crippen molar-refractivity contribution in [2.24, 2.45) is 11.8 Å². The highest BCUT2D eigenvalue weighted by molar-refractivity contribution is 5.88. The van der Waals surface area contributed by atoms with E-state index in [9.17, 15) is 19.2 Å². The van der Waals surface area contributed by atoms with Gasteiger partial charge in [0.2, 0.25) is 23.7 Å². The Morgan fingerprint density at radius 1 is 0.691 bits per heavy atom. The van der Waals surface area contributed by atoms with Crippen molar-refractivity contribution in [1.82, 2.24) is 49.0 Å². The van der Waals surface area contributed by atoms with E-state index in [4.69, 9.17) is 30.3 Å². The van der Waals surface area contributed by atoms with Crippen LogP contribution in [0.2, 0.25) is 0 Å². The Hall–Kier alpha value is -7.90. The number of carboxylic acid groups (broad SMARTS) is 1. The Kier molecular flexibility index (Phi) is 22.1. The average Bonchev–Trinajstić information content (AvgIpc) is 4.25. The van der Waals surface area contributed by atoms with Gasteiger partial charge in [0.25, 0.3) is 0 Å². The molecule has 0 radical (unpaired) electrons. The lowest BCUT2D eigenvalue weighted by molar-refractivity contribution is -0.144. The number of nitrogens with one attached hydrogen (secondary N) is 2. The lowest BCUT2D eigenvalue weighted by Gasteiger charge is -2.30. The third-order valence-corrected chi connectivity index (χ3v) is 15.1. The molecule has 2 amide bonds. The van der Waals surface area contributed by atoms with Crippen LogP contribution in [0, 0.1) is 11.8 Å². The van der Waals surface area contributed by atoms with Gasteiger partial charge < -0.3 is 40.7 Å². The molecule has 6 aromatic rings. The number of fused-ring (bicyclic) bond motifs is 2. The molecule has 1 atom stereocenters. The number of nitrogens with zero attached hydrogens (tertiary/aromatic N) is 10. The molecule has 1 aliphatic carbocycles. The minimum Gasteiger partial charge on any atom is -0.481 e. The minimum absolute atomic E-state index is 0.0116. The molecule has 6 heterocycles. The fraction of sp³-hybridized carbons (Fsp3) is 0.508. The Morgan fingerprint density at radius 3 is 1.70 bits per heavy atom. The van der Waals surface area contributed by atoms with Crippen LogP contribution in [-0.2, 0) is 38.7 Å². The van der Waals surface area contributed by atoms with Crippen molar-refractivity contribution in [3.05, 3.63) is 114 Å². The first-order valence-corrected chi connectivity index (χ1v) is 28.9. The van der Waals surface area contributed by atoms with Gasteiger partial charge in [-0.05, 0) is 117 Å². The number of carbonyl (C=O) groups is 4. The maximum Gasteiger partial charge on any atom is 0.322 e. The molecular weight excluding hydrogens is 1030 g/mol. The summed E-state index contributed by atoms with van der Waals surface area (Å²) in [4.78, 5) is 68.7. The molecule has 9 rings (SSSR count). The number of Topliss-reactive ketones (excluding diaryl/α,β-unsaturated/α-hetero) is 1. The summed E-state index contributed by atoms with van der Waals surface area (Å²) in [7, 11) is 0. The number of rotatable bonds is 21. The van der Waals surface area contributed by atoms with Crippen LogP contribution in [0.3, 0.4) is 0 Å². The van der Waals surface area contributed by atoms with E-state index in [0.717, 1.165) is 76.9 Å². The molecule has 2 aromatic carbocycles. The van der Waals surface area contributed by atoms with Crippen LogP contribution in [0.25, 0.3) is 11.3 Å². The number of piperidine rings is 2. The Bertz CT molecular complexity index is 3080. The van der Waals surface area contributed by atoms with Crippen molar-refractivity contribution in [3.8, 4) is 12.0 Å². The van der Waals surface area contributed by atoms with Crippen LogP contribution in [0.15, 0.2) is 86.2 Å². The fourth-order valence-corrected chi connectivity index (χ4v) is 10.3. The van der Waals surface area contributed by atoms with Crippen molar-refractivity contribution in [3.63, 3.8) is 0 Å². The summed E-state index contributed by atoms with van der Waals surface area (Å²) in [5.74, 6) is 0.786. The first kappa shape index (κ1) is 60.7. The first-order valence-electron chi connectivity index (χ1n) is 28.9. The lowest BCUT2D eigenvalue weighted by Crippen LogP contribution is -2.39. The SMILES string of the molecule is C=CC(=O)N1CCC(C(=O)Cc2cccc(CNc3nc(OC4CCCCC4)nc4c(C(C)C)cnn34)c2)CC1.C=CC(=O)N1CCC(C(=O)O)CC1.CCCC(CC)Oc1nc(NCc2cccc(N)c2)n2ncc(C(C)C)c2n1. The quantitative estimate of drug-likeness (QED) is 0.0386. The van der Waals surface area contributed by atoms with Crippen LogP contribution in [-0.4, -0.2) is 116 Å². The van der Waals surface area contributed by atoms with E-state index in [0.29, 0.717) is 101 Å². The molecule has 2 aliphatic heterocycles. The van der Waals surface area contributed by atoms with Crippen molar-refractivity contribution < 1.29 is 33.8 Å². The molecule has 0 bridgehead atoms. The summed E-state index contributed by atoms with van der Waals surface area (Å²) in [6, 6.07) is 16.7. The smallest absolute Gasteiger partial charge is 0.322 e. The molecule has 3 aliphatic rings. The molecule has 1 saturated carbocycles. The second-order valence-electron chi connectivity index (χ2n) is 21.8. The Balaban J connectivity index is 0.000000199. The van der Waals surface area contributed by atoms with Crippen molar-refractivity contribution in [2.75, 3.05) is 42.5 Å². The third kappa shape index (κ3) is 16.8. The predicted octanol–water partition coefficient (Wildman–Crippen LogP) is 10.0. The number of carboxylic acids is 1. The van der Waals surface area contributed by atoms with Gasteiger partial charge in [-0.1, -0.05) is 104 Å². The zero-order valence-electron chi connectivity index (χ0n) is 48.2. The molecule has 3 fully saturated rings. The normalized spacial score (nSPS) is 15.6. The van der Waals surface area contributed by atoms with Gasteiger partial charge in [-0.2, -0.15) is 39.2 Å². The number of carbonyl (C=O) groups excluding carboxylic acids is 3. The third-order valence-electron chi connectivity index (χ3n) is 15.1. The summed E-state index contributed by atoms with van der Waals surface area (Å²) in [6.07, 6.45) is 18.1. The molecule has 434 valence electrons. The number of anilines is 3. The molecule has 5 N–H and O–H groups in total. The van der Waals surface area contributed by atoms with Crippen molar-refractivity contribution >= 4 is 52.4 Å². The number of ketones is 1. The summed E-state index contributed by atoms with van der Waals surface area (Å²) in [6.45, 7) is 23.1. The summed E-state index contributed by atoms with van der Waals surface area (Å²) < 4.78 is 15.8. The fourth-order valence-electron chi connectivity index (χ4n) is 10.3. The average molecular weight is 1110 g/mol. The van der Waals surface area contributed by atoms with Gasteiger partial charge in [0.15, 0.2) is 11.3 Å². The number of aliphatic carboxylic acids is 1. The molecule has 1 unspecified atom stereocenters. The number of amides is 2. The number of ether oxygens (including phenoxy) is 2. The van der Waals surface area contributed by atoms with E-state index in [2.05, 4.69) is 91.6 Å². The molecule has 2 saturated heterocycles. The molecule has 81 heavy (non-hydrogen) atoms. The summed E-state index contributed by atoms with van der Waals surface area (Å²) >= 11 is 0. The number of likely N-dealkylation sites (tertiary alicyclic amines) is 2. The maximum absolute atomic E-state index is 13.0. The van der Waals surface area contributed by atoms with Gasteiger partial charge in [-0.15, -0.1) is 0 Å². The van der Waals surface area contributed by atoms with E-state index in [1.165, 1.54) is 31.4 Å². The number of benzene rings is 2. The highest BCUT2D eigenvalue weighted by Crippen LogP contribution is 2.28. The van der Waals surface area contributed by atoms with Gasteiger partial charge >= 0.3 is 18.0 Å². The van der Waals surface area contributed by atoms with Crippen LogP contribution in [0.1, 0.15) is 158 Å². The molecule has 20 heteroatoms. The van der Waals surface area contributed by atoms with E-state index in [-0.39, 0.29) is 47.6 Å². The molecule has 4 aromatic heterocycles. The Labute approximate surface area is 476 Å². The van der Waals surface area contributed by atoms with Gasteiger partial charge in [-0.3, -0.25) is 19.2 Å². The summed E-state index contributed by atoms with van der Waals surface area (Å²) in [5.41, 5.74) is 13.4. The van der Waals surface area contributed by atoms with Crippen molar-refractivity contribution in [2.45, 2.75) is 162 Å². The van der Waals surface area contributed by atoms with Crippen LogP contribution < -0.4 is 25.8 Å². The first-order chi connectivity index (χ1) is 39.1. The zero-order valence-corrected chi connectivity index (χ0v) is 48.2. The standard InChI is InChI=1S/C31H40N6O3.C21H30N6O.C9H13NO3/c1-4-28(39)36-15-13-24(14-16-36)27(38)18-22-9-8-10-23(17-22)19-32-30-35-31(40-25-11-6-5-7-12-25)34-29-26(21(2)3)20-33-37(29)30;1-5-8-17(6-2)28-21-25-19-18(14(3)4)13-24-27(19)20(26-21)23-12-15-9-7-10-16(22)11-15;1-2-8(11)10-5-3-7(4-6-10)9(12)13/h4,8-10,17,20-21,24-25H,1,5-7,11-16,18-19H2,2-3H3,(H,32,34,35);7,9-11,13-14,17H,5-6,8,12,22H2,1-4H3,(H,23,25,26);2,7H,1,3-6H2,(H,12,13). The van der Waals surface area contributed by atoms with E-state index >= 15 is 0 Å². The van der Waals surface area contributed by atoms with Gasteiger partial charge in [0, 0.05) is 68.4 Å². The second kappa shape index (κ2) is 29.5. The van der Waals surface area contributed by atoms with Crippen LogP contribution >= 0.6 is 0 Å². The number of aromatic nitrogens is 8. The summed E-state index contributed by atoms with van der Waals surface area (Å²) in [5, 5.41) is 24.6. The monoisotopic (exact) mass is 1110 g/mol. The van der Waals surface area contributed by atoms with Crippen LogP contribution in [0.5, 0.6) is 12.0 Å². The van der Waals surface area contributed by atoms with E-state index in [1.54, 1.807) is 18.8 Å². The predicted molar refractivity (Wildman–Crippen MR) is 314 cm³/mol. The number of hydrogen-bond acceptors (Lipinski definition) is 15. The molecule has 0 spiro atoms. The highest BCUT2D eigenvalue weighted by atomic mass is 16.5. The second-order valence-corrected chi connectivity index (χ2v) is 21.8. The van der Waals surface area contributed by atoms with Crippen molar-refractivity contribution in [1.29, 1.82) is 0 Å².